The molecule has 0 aromatic carbocycles. The molecule has 0 spiro atoms. The number of hydrogen-bond donors (Lipinski definition) is 1. The van der Waals surface area contributed by atoms with Crippen LogP contribution in [0.25, 0.3) is 0 Å². The Morgan fingerprint density at radius 3 is 3.00 bits per heavy atom. The molecule has 1 aromatic heterocycles. The Hall–Kier alpha value is 0.300. The van der Waals surface area contributed by atoms with Crippen LogP contribution in [0.3, 0.4) is 0 Å². The van der Waals surface area contributed by atoms with Crippen LogP contribution in [0, 0.1) is 0 Å². The summed E-state index contributed by atoms with van der Waals surface area (Å²) < 4.78 is 0.878. The average Bonchev–Trinajstić information content (AvgIpc) is 2.58. The van der Waals surface area contributed by atoms with Gasteiger partial charge in [-0.1, -0.05) is 18.5 Å². The predicted molar refractivity (Wildman–Crippen MR) is 68.7 cm³/mol. The molecule has 0 saturated carbocycles. The lowest BCUT2D eigenvalue weighted by atomic mass is 10.4. The van der Waals surface area contributed by atoms with Crippen molar-refractivity contribution in [1.82, 2.24) is 5.32 Å². The molecule has 0 bridgehead atoms. The van der Waals surface area contributed by atoms with Crippen molar-refractivity contribution in [2.24, 2.45) is 0 Å². The lowest BCUT2D eigenvalue weighted by Crippen LogP contribution is -2.14. The van der Waals surface area contributed by atoms with Crippen LogP contribution in [-0.4, -0.2) is 18.1 Å². The normalized spacial score (nSPS) is 10.7. The van der Waals surface area contributed by atoms with E-state index in [0.717, 1.165) is 17.4 Å². The summed E-state index contributed by atoms with van der Waals surface area (Å²) in [5, 5.41) is 3.41. The van der Waals surface area contributed by atoms with Gasteiger partial charge in [-0.3, -0.25) is 0 Å². The highest BCUT2D eigenvalue weighted by molar-refractivity contribution is 7.99. The van der Waals surface area contributed by atoms with Crippen molar-refractivity contribution in [2.45, 2.75) is 19.9 Å². The number of nitrogens with one attached hydrogen (secondary N) is 1. The minimum atomic E-state index is 0.878. The SMILES string of the molecule is CCSCCCNCc1ccc(Cl)s1. The van der Waals surface area contributed by atoms with E-state index in [9.17, 15) is 0 Å². The maximum Gasteiger partial charge on any atom is 0.0931 e. The Labute approximate surface area is 99.2 Å². The van der Waals surface area contributed by atoms with Crippen LogP contribution in [0.4, 0.5) is 0 Å². The Balaban J connectivity index is 1.99. The molecule has 4 heteroatoms. The fraction of sp³-hybridized carbons (Fsp3) is 0.600. The molecule has 0 fully saturated rings. The smallest absolute Gasteiger partial charge is 0.0931 e. The molecule has 0 aliphatic rings. The summed E-state index contributed by atoms with van der Waals surface area (Å²) in [4.78, 5) is 1.32. The van der Waals surface area contributed by atoms with Crippen molar-refractivity contribution in [1.29, 1.82) is 0 Å². The molecule has 0 radical (unpaired) electrons. The van der Waals surface area contributed by atoms with Crippen LogP contribution in [0.15, 0.2) is 12.1 Å². The molecule has 1 aromatic rings. The van der Waals surface area contributed by atoms with E-state index in [2.05, 4.69) is 18.3 Å². The van der Waals surface area contributed by atoms with Gasteiger partial charge in [0, 0.05) is 11.4 Å². The molecule has 0 aliphatic heterocycles. The largest absolute Gasteiger partial charge is 0.312 e. The zero-order chi connectivity index (χ0) is 10.2. The Morgan fingerprint density at radius 2 is 2.36 bits per heavy atom. The second-order valence-electron chi connectivity index (χ2n) is 2.93. The average molecular weight is 250 g/mol. The van der Waals surface area contributed by atoms with E-state index in [4.69, 9.17) is 11.6 Å². The molecule has 0 atom stereocenters. The predicted octanol–water partition coefficient (Wildman–Crippen LogP) is 3.63. The third-order valence-corrected chi connectivity index (χ3v) is 3.99. The van der Waals surface area contributed by atoms with Gasteiger partial charge in [-0.25, -0.2) is 0 Å². The fourth-order valence-corrected chi connectivity index (χ4v) is 2.80. The van der Waals surface area contributed by atoms with E-state index in [1.165, 1.54) is 22.8 Å². The maximum atomic E-state index is 5.83. The van der Waals surface area contributed by atoms with Crippen LogP contribution >= 0.6 is 34.7 Å². The van der Waals surface area contributed by atoms with Crippen molar-refractivity contribution in [2.75, 3.05) is 18.1 Å². The zero-order valence-electron chi connectivity index (χ0n) is 8.38. The molecule has 0 aliphatic carbocycles. The topological polar surface area (TPSA) is 12.0 Å². The molecule has 1 rings (SSSR count). The van der Waals surface area contributed by atoms with Crippen molar-refractivity contribution in [3.05, 3.63) is 21.3 Å². The van der Waals surface area contributed by atoms with Gasteiger partial charge < -0.3 is 5.32 Å². The second-order valence-corrected chi connectivity index (χ2v) is 6.13. The van der Waals surface area contributed by atoms with Crippen molar-refractivity contribution >= 4 is 34.7 Å². The van der Waals surface area contributed by atoms with Crippen LogP contribution in [-0.2, 0) is 6.54 Å². The Morgan fingerprint density at radius 1 is 1.50 bits per heavy atom. The zero-order valence-corrected chi connectivity index (χ0v) is 10.8. The Kier molecular flexibility index (Phi) is 6.69. The van der Waals surface area contributed by atoms with Crippen molar-refractivity contribution in [3.8, 4) is 0 Å². The lowest BCUT2D eigenvalue weighted by molar-refractivity contribution is 0.685. The minimum absolute atomic E-state index is 0.878. The Bertz CT molecular complexity index is 250. The summed E-state index contributed by atoms with van der Waals surface area (Å²) in [5.74, 6) is 2.48. The molecule has 0 saturated heterocycles. The van der Waals surface area contributed by atoms with Gasteiger partial charge in [-0.15, -0.1) is 11.3 Å². The number of thiophene rings is 1. The highest BCUT2D eigenvalue weighted by Gasteiger charge is 1.96. The first-order valence-electron chi connectivity index (χ1n) is 4.85. The third kappa shape index (κ3) is 5.25. The highest BCUT2D eigenvalue weighted by atomic mass is 35.5. The van der Waals surface area contributed by atoms with Gasteiger partial charge in [0.1, 0.15) is 0 Å². The van der Waals surface area contributed by atoms with E-state index in [-0.39, 0.29) is 0 Å². The number of hydrogen-bond acceptors (Lipinski definition) is 3. The van der Waals surface area contributed by atoms with Crippen LogP contribution in [0.2, 0.25) is 4.34 Å². The first kappa shape index (κ1) is 12.4. The summed E-state index contributed by atoms with van der Waals surface area (Å²) in [7, 11) is 0. The van der Waals surface area contributed by atoms with Crippen LogP contribution in [0.1, 0.15) is 18.2 Å². The van der Waals surface area contributed by atoms with Gasteiger partial charge in [-0.05, 0) is 36.6 Å². The highest BCUT2D eigenvalue weighted by Crippen LogP contribution is 2.20. The third-order valence-electron chi connectivity index (χ3n) is 1.77. The quantitative estimate of drug-likeness (QED) is 0.741. The molecule has 1 heterocycles. The molecule has 80 valence electrons. The first-order valence-corrected chi connectivity index (χ1v) is 7.20. The monoisotopic (exact) mass is 249 g/mol. The van der Waals surface area contributed by atoms with Gasteiger partial charge in [0.05, 0.1) is 4.34 Å². The molecule has 0 unspecified atom stereocenters. The van der Waals surface area contributed by atoms with Gasteiger partial charge in [-0.2, -0.15) is 11.8 Å². The molecular weight excluding hydrogens is 234 g/mol. The van der Waals surface area contributed by atoms with Gasteiger partial charge in [0.2, 0.25) is 0 Å². The maximum absolute atomic E-state index is 5.83. The number of thioether (sulfide) groups is 1. The minimum Gasteiger partial charge on any atom is -0.312 e. The molecular formula is C10H16ClNS2. The fourth-order valence-electron chi connectivity index (χ4n) is 1.10. The van der Waals surface area contributed by atoms with E-state index in [1.54, 1.807) is 11.3 Å². The summed E-state index contributed by atoms with van der Waals surface area (Å²) in [6.45, 7) is 4.25. The summed E-state index contributed by atoms with van der Waals surface area (Å²) in [5.41, 5.74) is 0. The van der Waals surface area contributed by atoms with Crippen LogP contribution < -0.4 is 5.32 Å². The van der Waals surface area contributed by atoms with E-state index >= 15 is 0 Å². The van der Waals surface area contributed by atoms with Crippen molar-refractivity contribution < 1.29 is 0 Å². The number of halogens is 1. The van der Waals surface area contributed by atoms with Gasteiger partial charge in [0.25, 0.3) is 0 Å². The summed E-state index contributed by atoms with van der Waals surface area (Å²) >= 11 is 9.48. The molecule has 0 amide bonds. The molecule has 1 nitrogen and oxygen atoms in total. The second kappa shape index (κ2) is 7.57. The summed E-state index contributed by atoms with van der Waals surface area (Å²) in [6.07, 6.45) is 1.25. The van der Waals surface area contributed by atoms with Crippen molar-refractivity contribution in [3.63, 3.8) is 0 Å². The standard InChI is InChI=1S/C10H16ClNS2/c1-2-13-7-3-6-12-8-9-4-5-10(11)14-9/h4-5,12H,2-3,6-8H2,1H3. The van der Waals surface area contributed by atoms with Gasteiger partial charge in [0.15, 0.2) is 0 Å². The molecule has 1 N–H and O–H groups in total. The molecule has 14 heavy (non-hydrogen) atoms. The van der Waals surface area contributed by atoms with E-state index in [0.29, 0.717) is 0 Å². The number of rotatable bonds is 7. The summed E-state index contributed by atoms with van der Waals surface area (Å²) in [6, 6.07) is 4.04. The van der Waals surface area contributed by atoms with E-state index in [1.807, 2.05) is 17.8 Å². The van der Waals surface area contributed by atoms with Crippen LogP contribution in [0.5, 0.6) is 0 Å². The first-order chi connectivity index (χ1) is 6.83. The lowest BCUT2D eigenvalue weighted by Gasteiger charge is -2.01. The van der Waals surface area contributed by atoms with Gasteiger partial charge >= 0.3 is 0 Å². The van der Waals surface area contributed by atoms with E-state index < -0.39 is 0 Å².